The van der Waals surface area contributed by atoms with E-state index in [-0.39, 0.29) is 18.6 Å². The lowest BCUT2D eigenvalue weighted by Gasteiger charge is -2.23. The molecule has 2 amide bonds. The van der Waals surface area contributed by atoms with Gasteiger partial charge in [-0.1, -0.05) is 25.1 Å². The number of imide groups is 1. The highest BCUT2D eigenvalue weighted by Gasteiger charge is 2.34. The quantitative estimate of drug-likeness (QED) is 0.748. The van der Waals surface area contributed by atoms with Gasteiger partial charge in [-0.2, -0.15) is 0 Å². The van der Waals surface area contributed by atoms with E-state index in [1.807, 2.05) is 18.2 Å². The third-order valence-electron chi connectivity index (χ3n) is 4.81. The molecule has 0 bridgehead atoms. The second-order valence-corrected chi connectivity index (χ2v) is 6.36. The maximum absolute atomic E-state index is 12.5. The summed E-state index contributed by atoms with van der Waals surface area (Å²) in [6, 6.07) is 12.9. The molecule has 0 fully saturated rings. The van der Waals surface area contributed by atoms with Gasteiger partial charge in [0.25, 0.3) is 11.8 Å². The summed E-state index contributed by atoms with van der Waals surface area (Å²) in [5, 5.41) is 0. The van der Waals surface area contributed by atoms with Crippen molar-refractivity contribution >= 4 is 11.8 Å². The van der Waals surface area contributed by atoms with Crippen LogP contribution in [0.4, 0.5) is 0 Å². The van der Waals surface area contributed by atoms with Crippen LogP contribution in [0.25, 0.3) is 0 Å². The highest BCUT2D eigenvalue weighted by molar-refractivity contribution is 6.21. The minimum absolute atomic E-state index is 0.204. The van der Waals surface area contributed by atoms with Crippen molar-refractivity contribution in [2.24, 2.45) is 0 Å². The van der Waals surface area contributed by atoms with Gasteiger partial charge in [-0.15, -0.1) is 0 Å². The first-order valence-electron chi connectivity index (χ1n) is 8.73. The fraction of sp³-hybridized carbons (Fsp3) is 0.300. The first-order chi connectivity index (χ1) is 12.7. The highest BCUT2D eigenvalue weighted by atomic mass is 16.7. The van der Waals surface area contributed by atoms with Gasteiger partial charge in [0.05, 0.1) is 11.1 Å². The Morgan fingerprint density at radius 2 is 1.69 bits per heavy atom. The molecular weight excluding hydrogens is 332 g/mol. The summed E-state index contributed by atoms with van der Waals surface area (Å²) < 4.78 is 10.8. The molecule has 0 atom stereocenters. The minimum Gasteiger partial charge on any atom is -0.454 e. The summed E-state index contributed by atoms with van der Waals surface area (Å²) >= 11 is 0. The molecule has 0 saturated heterocycles. The Morgan fingerprint density at radius 1 is 1.00 bits per heavy atom. The van der Waals surface area contributed by atoms with Crippen LogP contribution in [-0.2, 0) is 6.54 Å². The number of hydrogen-bond acceptors (Lipinski definition) is 5. The molecule has 2 aromatic carbocycles. The Hall–Kier alpha value is -2.86. The van der Waals surface area contributed by atoms with Crippen molar-refractivity contribution in [3.63, 3.8) is 0 Å². The van der Waals surface area contributed by atoms with Crippen LogP contribution in [-0.4, -0.2) is 48.0 Å². The predicted octanol–water partition coefficient (Wildman–Crippen LogP) is 2.53. The van der Waals surface area contributed by atoms with Crippen molar-refractivity contribution in [3.8, 4) is 11.5 Å². The fourth-order valence-electron chi connectivity index (χ4n) is 3.33. The number of hydrogen-bond donors (Lipinski definition) is 0. The van der Waals surface area contributed by atoms with Crippen molar-refractivity contribution < 1.29 is 19.1 Å². The van der Waals surface area contributed by atoms with Crippen LogP contribution in [0.2, 0.25) is 0 Å². The SMILES string of the molecule is CCN(CCN1C(=O)c2ccccc2C1=O)Cc1ccc2c(c1)OCO2. The van der Waals surface area contributed by atoms with E-state index in [0.29, 0.717) is 24.2 Å². The second-order valence-electron chi connectivity index (χ2n) is 6.36. The van der Waals surface area contributed by atoms with E-state index >= 15 is 0 Å². The number of amides is 2. The third-order valence-corrected chi connectivity index (χ3v) is 4.81. The largest absolute Gasteiger partial charge is 0.454 e. The summed E-state index contributed by atoms with van der Waals surface area (Å²) in [6.07, 6.45) is 0. The van der Waals surface area contributed by atoms with Crippen LogP contribution in [0.5, 0.6) is 11.5 Å². The average Bonchev–Trinajstić information content (AvgIpc) is 3.22. The molecule has 134 valence electrons. The maximum atomic E-state index is 12.5. The summed E-state index contributed by atoms with van der Waals surface area (Å²) in [6.45, 7) is 4.86. The predicted molar refractivity (Wildman–Crippen MR) is 95.3 cm³/mol. The van der Waals surface area contributed by atoms with E-state index in [1.165, 1.54) is 4.90 Å². The Labute approximate surface area is 151 Å². The second kappa shape index (κ2) is 6.80. The van der Waals surface area contributed by atoms with Gasteiger partial charge in [0.15, 0.2) is 11.5 Å². The molecule has 0 unspecified atom stereocenters. The standard InChI is InChI=1S/C20H20N2O4/c1-2-21(12-14-7-8-17-18(11-14)26-13-25-17)9-10-22-19(23)15-5-3-4-6-16(15)20(22)24/h3-8,11H,2,9-10,12-13H2,1H3. The molecule has 2 aliphatic rings. The van der Waals surface area contributed by atoms with Gasteiger partial charge in [0, 0.05) is 19.6 Å². The number of carbonyl (C=O) groups excluding carboxylic acids is 2. The molecule has 0 spiro atoms. The van der Waals surface area contributed by atoms with Gasteiger partial charge in [0.2, 0.25) is 6.79 Å². The Bertz CT molecular complexity index is 830. The van der Waals surface area contributed by atoms with Crippen molar-refractivity contribution in [1.82, 2.24) is 9.80 Å². The zero-order valence-electron chi connectivity index (χ0n) is 14.6. The molecule has 0 radical (unpaired) electrons. The third kappa shape index (κ3) is 2.93. The fourth-order valence-corrected chi connectivity index (χ4v) is 3.33. The number of benzene rings is 2. The summed E-state index contributed by atoms with van der Waals surface area (Å²) in [5.74, 6) is 1.12. The zero-order valence-corrected chi connectivity index (χ0v) is 14.6. The molecule has 6 nitrogen and oxygen atoms in total. The molecule has 26 heavy (non-hydrogen) atoms. The maximum Gasteiger partial charge on any atom is 0.261 e. The van der Waals surface area contributed by atoms with Crippen molar-refractivity contribution in [2.45, 2.75) is 13.5 Å². The number of likely N-dealkylation sites (N-methyl/N-ethyl adjacent to an activating group) is 1. The van der Waals surface area contributed by atoms with Crippen molar-refractivity contribution in [3.05, 3.63) is 59.2 Å². The molecule has 0 aliphatic carbocycles. The molecular formula is C20H20N2O4. The molecule has 2 aromatic rings. The van der Waals surface area contributed by atoms with E-state index in [2.05, 4.69) is 11.8 Å². The molecule has 2 aliphatic heterocycles. The first-order valence-corrected chi connectivity index (χ1v) is 8.73. The summed E-state index contributed by atoms with van der Waals surface area (Å²) in [4.78, 5) is 28.4. The molecule has 0 saturated carbocycles. The molecule has 6 heteroatoms. The number of fused-ring (bicyclic) bond motifs is 2. The molecule has 2 heterocycles. The summed E-state index contributed by atoms with van der Waals surface area (Å²) in [5.41, 5.74) is 2.10. The van der Waals surface area contributed by atoms with Crippen LogP contribution >= 0.6 is 0 Å². The lowest BCUT2D eigenvalue weighted by Crippen LogP contribution is -2.38. The molecule has 0 aromatic heterocycles. The normalized spacial score (nSPS) is 15.1. The Kier molecular flexibility index (Phi) is 4.34. The van der Waals surface area contributed by atoms with Crippen LogP contribution < -0.4 is 9.47 Å². The van der Waals surface area contributed by atoms with E-state index in [1.54, 1.807) is 24.3 Å². The zero-order chi connectivity index (χ0) is 18.1. The number of nitrogens with zero attached hydrogens (tertiary/aromatic N) is 2. The van der Waals surface area contributed by atoms with Crippen molar-refractivity contribution in [1.29, 1.82) is 0 Å². The number of ether oxygens (including phenoxy) is 2. The summed E-state index contributed by atoms with van der Waals surface area (Å²) in [7, 11) is 0. The van der Waals surface area contributed by atoms with Gasteiger partial charge in [-0.05, 0) is 36.4 Å². The number of rotatable bonds is 6. The Morgan fingerprint density at radius 3 is 2.38 bits per heavy atom. The van der Waals surface area contributed by atoms with Crippen molar-refractivity contribution in [2.75, 3.05) is 26.4 Å². The van der Waals surface area contributed by atoms with Crippen LogP contribution in [0.3, 0.4) is 0 Å². The Balaban J connectivity index is 1.40. The van der Waals surface area contributed by atoms with Crippen LogP contribution in [0, 0.1) is 0 Å². The van der Waals surface area contributed by atoms with Gasteiger partial charge in [-0.3, -0.25) is 19.4 Å². The number of carbonyl (C=O) groups is 2. The van der Waals surface area contributed by atoms with Gasteiger partial charge >= 0.3 is 0 Å². The topological polar surface area (TPSA) is 59.1 Å². The first kappa shape index (κ1) is 16.6. The average molecular weight is 352 g/mol. The van der Waals surface area contributed by atoms with E-state index < -0.39 is 0 Å². The van der Waals surface area contributed by atoms with Gasteiger partial charge < -0.3 is 9.47 Å². The lowest BCUT2D eigenvalue weighted by molar-refractivity contribution is 0.0635. The smallest absolute Gasteiger partial charge is 0.261 e. The molecule has 4 rings (SSSR count). The van der Waals surface area contributed by atoms with Gasteiger partial charge in [-0.25, -0.2) is 0 Å². The van der Waals surface area contributed by atoms with Gasteiger partial charge in [0.1, 0.15) is 0 Å². The van der Waals surface area contributed by atoms with Crippen LogP contribution in [0.1, 0.15) is 33.2 Å². The molecule has 0 N–H and O–H groups in total. The van der Waals surface area contributed by atoms with E-state index in [9.17, 15) is 9.59 Å². The van der Waals surface area contributed by atoms with Crippen LogP contribution in [0.15, 0.2) is 42.5 Å². The van der Waals surface area contributed by atoms with E-state index in [4.69, 9.17) is 9.47 Å². The van der Waals surface area contributed by atoms with E-state index in [0.717, 1.165) is 30.2 Å². The highest BCUT2D eigenvalue weighted by Crippen LogP contribution is 2.32. The minimum atomic E-state index is -0.204. The lowest BCUT2D eigenvalue weighted by atomic mass is 10.1. The monoisotopic (exact) mass is 352 g/mol.